The first-order chi connectivity index (χ1) is 17.9. The molecule has 5 rings (SSSR count). The van der Waals surface area contributed by atoms with Crippen LogP contribution in [0.5, 0.6) is 0 Å². The van der Waals surface area contributed by atoms with Crippen LogP contribution in [0.3, 0.4) is 0 Å². The van der Waals surface area contributed by atoms with Crippen molar-refractivity contribution in [3.8, 4) is 16.9 Å². The third-order valence-corrected chi connectivity index (χ3v) is 6.75. The summed E-state index contributed by atoms with van der Waals surface area (Å²) in [5.74, 6) is -0.400. The summed E-state index contributed by atoms with van der Waals surface area (Å²) in [4.78, 5) is 25.8. The molecule has 0 radical (unpaired) electrons. The molecule has 3 aromatic carbocycles. The fourth-order valence-electron chi connectivity index (χ4n) is 4.84. The lowest BCUT2D eigenvalue weighted by Crippen LogP contribution is -2.20. The van der Waals surface area contributed by atoms with Crippen molar-refractivity contribution >= 4 is 22.4 Å². The molecule has 5 aromatic rings. The average Bonchev–Trinajstić information content (AvgIpc) is 3.41. The van der Waals surface area contributed by atoms with E-state index in [1.165, 1.54) is 7.11 Å². The molecule has 0 aliphatic carbocycles. The number of benzene rings is 3. The van der Waals surface area contributed by atoms with Crippen molar-refractivity contribution in [2.75, 3.05) is 12.4 Å². The monoisotopic (exact) mass is 491 g/mol. The number of ether oxygens (including phenoxy) is 1. The number of rotatable bonds is 6. The highest BCUT2D eigenvalue weighted by Gasteiger charge is 2.18. The van der Waals surface area contributed by atoms with E-state index < -0.39 is 5.97 Å². The first kappa shape index (κ1) is 24.1. The number of carbonyl (C=O) groups is 1. The number of carbonyl (C=O) groups excluding carboxylic acids is 1. The lowest BCUT2D eigenvalue weighted by molar-refractivity contribution is 0.0602. The van der Waals surface area contributed by atoms with Crippen LogP contribution in [0.1, 0.15) is 34.5 Å². The molecule has 0 bridgehead atoms. The molecule has 0 spiro atoms. The number of methoxy groups -OCH3 is 1. The van der Waals surface area contributed by atoms with Gasteiger partial charge in [0.25, 0.3) is 5.56 Å². The number of nitrogens with zero attached hydrogens (tertiary/aromatic N) is 2. The number of pyridine rings is 1. The van der Waals surface area contributed by atoms with Crippen LogP contribution >= 0.6 is 0 Å². The summed E-state index contributed by atoms with van der Waals surface area (Å²) in [6.07, 6.45) is 4.04. The Morgan fingerprint density at radius 2 is 1.68 bits per heavy atom. The molecule has 2 heterocycles. The standard InChI is InChI=1S/C31H29N3O3/c1-20-16-25(21(2)32-28-13-9-8-12-24(28)31(36)37-4)26-18-29(33(3)30(35)27(26)17-20)22-14-15-34(19-22)23-10-6-5-7-11-23/h5-19,21,32H,1-4H3. The van der Waals surface area contributed by atoms with Crippen molar-refractivity contribution in [1.29, 1.82) is 0 Å². The number of aryl methyl sites for hydroxylation is 1. The van der Waals surface area contributed by atoms with Gasteiger partial charge in [0.2, 0.25) is 0 Å². The third kappa shape index (κ3) is 4.54. The van der Waals surface area contributed by atoms with E-state index in [1.807, 2.05) is 98.5 Å². The van der Waals surface area contributed by atoms with Crippen LogP contribution in [0.15, 0.2) is 96.1 Å². The molecule has 0 aliphatic heterocycles. The summed E-state index contributed by atoms with van der Waals surface area (Å²) < 4.78 is 8.71. The topological polar surface area (TPSA) is 65.3 Å². The second-order valence-corrected chi connectivity index (χ2v) is 9.26. The molecule has 0 saturated carbocycles. The Hall–Kier alpha value is -4.58. The molecule has 6 heteroatoms. The molecular weight excluding hydrogens is 462 g/mol. The van der Waals surface area contributed by atoms with Gasteiger partial charge in [-0.15, -0.1) is 0 Å². The zero-order chi connectivity index (χ0) is 26.1. The number of nitrogens with one attached hydrogen (secondary N) is 1. The number of hydrogen-bond donors (Lipinski definition) is 1. The Morgan fingerprint density at radius 1 is 0.946 bits per heavy atom. The van der Waals surface area contributed by atoms with E-state index in [2.05, 4.69) is 17.4 Å². The Morgan fingerprint density at radius 3 is 2.43 bits per heavy atom. The lowest BCUT2D eigenvalue weighted by Gasteiger charge is -2.21. The van der Waals surface area contributed by atoms with E-state index in [9.17, 15) is 9.59 Å². The van der Waals surface area contributed by atoms with Gasteiger partial charge in [-0.25, -0.2) is 4.79 Å². The molecule has 1 N–H and O–H groups in total. The summed E-state index contributed by atoms with van der Waals surface area (Å²) in [5.41, 5.74) is 5.92. The van der Waals surface area contributed by atoms with Gasteiger partial charge in [-0.1, -0.05) is 36.4 Å². The Kier molecular flexibility index (Phi) is 6.40. The fraction of sp³-hybridized carbons (Fsp3) is 0.161. The van der Waals surface area contributed by atoms with Crippen molar-refractivity contribution in [2.24, 2.45) is 7.05 Å². The number of para-hydroxylation sites is 2. The minimum atomic E-state index is -0.400. The van der Waals surface area contributed by atoms with Crippen LogP contribution in [0.4, 0.5) is 5.69 Å². The Bertz CT molecular complexity index is 1670. The second kappa shape index (κ2) is 9.82. The minimum Gasteiger partial charge on any atom is -0.465 e. The SMILES string of the molecule is COC(=O)c1ccccc1NC(C)c1cc(C)cc2c(=O)n(C)c(-c3ccn(-c4ccccc4)c3)cc12. The van der Waals surface area contributed by atoms with Crippen molar-refractivity contribution < 1.29 is 9.53 Å². The summed E-state index contributed by atoms with van der Waals surface area (Å²) in [5, 5.41) is 5.01. The van der Waals surface area contributed by atoms with Crippen molar-refractivity contribution in [2.45, 2.75) is 19.9 Å². The molecule has 0 aliphatic rings. The normalized spacial score (nSPS) is 11.9. The van der Waals surface area contributed by atoms with Crippen LogP contribution < -0.4 is 10.9 Å². The van der Waals surface area contributed by atoms with Gasteiger partial charge >= 0.3 is 5.97 Å². The molecule has 37 heavy (non-hydrogen) atoms. The largest absolute Gasteiger partial charge is 0.465 e. The van der Waals surface area contributed by atoms with Crippen molar-refractivity contribution in [3.05, 3.63) is 118 Å². The first-order valence-electron chi connectivity index (χ1n) is 12.2. The highest BCUT2D eigenvalue weighted by Crippen LogP contribution is 2.31. The smallest absolute Gasteiger partial charge is 0.339 e. The number of anilines is 1. The van der Waals surface area contributed by atoms with Crippen LogP contribution in [0, 0.1) is 6.92 Å². The van der Waals surface area contributed by atoms with E-state index in [1.54, 1.807) is 10.6 Å². The summed E-state index contributed by atoms with van der Waals surface area (Å²) in [6.45, 7) is 4.02. The van der Waals surface area contributed by atoms with Gasteiger partial charge in [-0.05, 0) is 72.8 Å². The zero-order valence-electron chi connectivity index (χ0n) is 21.4. The van der Waals surface area contributed by atoms with Crippen LogP contribution in [-0.2, 0) is 11.8 Å². The summed E-state index contributed by atoms with van der Waals surface area (Å²) in [6, 6.07) is 25.3. The van der Waals surface area contributed by atoms with E-state index in [4.69, 9.17) is 4.74 Å². The van der Waals surface area contributed by atoms with Gasteiger partial charge in [0.15, 0.2) is 0 Å². The van der Waals surface area contributed by atoms with Crippen LogP contribution in [-0.4, -0.2) is 22.2 Å². The average molecular weight is 492 g/mol. The first-order valence-corrected chi connectivity index (χ1v) is 12.2. The van der Waals surface area contributed by atoms with Crippen LogP contribution in [0.2, 0.25) is 0 Å². The quantitative estimate of drug-likeness (QED) is 0.285. The molecule has 1 unspecified atom stereocenters. The molecule has 6 nitrogen and oxygen atoms in total. The molecule has 186 valence electrons. The van der Waals surface area contributed by atoms with Gasteiger partial charge in [0.1, 0.15) is 0 Å². The number of hydrogen-bond acceptors (Lipinski definition) is 4. The molecule has 0 amide bonds. The fourth-order valence-corrected chi connectivity index (χ4v) is 4.84. The van der Waals surface area contributed by atoms with Gasteiger partial charge in [-0.2, -0.15) is 0 Å². The highest BCUT2D eigenvalue weighted by molar-refractivity contribution is 5.96. The maximum Gasteiger partial charge on any atom is 0.339 e. The molecule has 0 saturated heterocycles. The molecule has 2 aromatic heterocycles. The zero-order valence-corrected chi connectivity index (χ0v) is 21.4. The second-order valence-electron chi connectivity index (χ2n) is 9.26. The predicted octanol–water partition coefficient (Wildman–Crippen LogP) is 6.26. The number of fused-ring (bicyclic) bond motifs is 1. The summed E-state index contributed by atoms with van der Waals surface area (Å²) in [7, 11) is 3.19. The van der Waals surface area contributed by atoms with Crippen molar-refractivity contribution in [3.63, 3.8) is 0 Å². The Labute approximate surface area is 215 Å². The summed E-state index contributed by atoms with van der Waals surface area (Å²) >= 11 is 0. The highest BCUT2D eigenvalue weighted by atomic mass is 16.5. The minimum absolute atomic E-state index is 0.0490. The van der Waals surface area contributed by atoms with E-state index in [-0.39, 0.29) is 11.6 Å². The third-order valence-electron chi connectivity index (χ3n) is 6.75. The predicted molar refractivity (Wildman–Crippen MR) is 149 cm³/mol. The van der Waals surface area contributed by atoms with Gasteiger partial charge < -0.3 is 19.2 Å². The maximum atomic E-state index is 13.5. The molecule has 0 fully saturated rings. The Balaban J connectivity index is 1.61. The van der Waals surface area contributed by atoms with Crippen LogP contribution in [0.25, 0.3) is 27.7 Å². The van der Waals surface area contributed by atoms with Gasteiger partial charge in [0, 0.05) is 47.8 Å². The molecule has 1 atom stereocenters. The molecular formula is C31H29N3O3. The van der Waals surface area contributed by atoms with Crippen molar-refractivity contribution in [1.82, 2.24) is 9.13 Å². The number of esters is 1. The van der Waals surface area contributed by atoms with E-state index in [0.29, 0.717) is 16.6 Å². The van der Waals surface area contributed by atoms with E-state index >= 15 is 0 Å². The van der Waals surface area contributed by atoms with Gasteiger partial charge in [-0.3, -0.25) is 4.79 Å². The van der Waals surface area contributed by atoms with Gasteiger partial charge in [0.05, 0.1) is 18.4 Å². The lowest BCUT2D eigenvalue weighted by atomic mass is 9.96. The number of aromatic nitrogens is 2. The maximum absolute atomic E-state index is 13.5. The van der Waals surface area contributed by atoms with E-state index in [0.717, 1.165) is 33.5 Å².